The van der Waals surface area contributed by atoms with Gasteiger partial charge in [0.05, 0.1) is 25.1 Å². The molecule has 0 aliphatic carbocycles. The van der Waals surface area contributed by atoms with E-state index in [0.717, 1.165) is 55.2 Å². The number of benzene rings is 1. The molecule has 0 spiro atoms. The Morgan fingerprint density at radius 1 is 1.30 bits per heavy atom. The van der Waals surface area contributed by atoms with E-state index in [1.54, 1.807) is 19.5 Å². The molecule has 1 N–H and O–H groups in total. The highest BCUT2D eigenvalue weighted by Gasteiger charge is 2.25. The molecule has 2 aromatic rings. The van der Waals surface area contributed by atoms with E-state index in [9.17, 15) is 5.11 Å². The predicted molar refractivity (Wildman–Crippen MR) is 89.5 cm³/mol. The minimum absolute atomic E-state index is 0.204. The molecule has 1 saturated heterocycles. The third-order valence-corrected chi connectivity index (χ3v) is 4.38. The van der Waals surface area contributed by atoms with E-state index >= 15 is 0 Å². The molecule has 1 aliphatic heterocycles. The number of hydrogen-bond donors (Lipinski definition) is 1. The summed E-state index contributed by atoms with van der Waals surface area (Å²) in [6, 6.07) is 7.96. The fraction of sp³-hybridized carbons (Fsp3) is 0.444. The van der Waals surface area contributed by atoms with E-state index in [-0.39, 0.29) is 6.61 Å². The molecular weight excluding hydrogens is 290 g/mol. The van der Waals surface area contributed by atoms with Crippen LogP contribution < -0.4 is 4.74 Å². The first-order valence-electron chi connectivity index (χ1n) is 8.10. The zero-order valence-electron chi connectivity index (χ0n) is 13.5. The van der Waals surface area contributed by atoms with Crippen molar-refractivity contribution in [2.75, 3.05) is 33.4 Å². The zero-order valence-corrected chi connectivity index (χ0v) is 13.5. The van der Waals surface area contributed by atoms with Gasteiger partial charge in [-0.05, 0) is 31.5 Å². The van der Waals surface area contributed by atoms with Gasteiger partial charge in [0.15, 0.2) is 0 Å². The normalized spacial score (nSPS) is 18.8. The van der Waals surface area contributed by atoms with E-state index in [2.05, 4.69) is 14.9 Å². The number of β-amino-alcohol motifs (C(OH)–C–C–N with tert-alkyl or cyclic N) is 1. The second kappa shape index (κ2) is 7.53. The second-order valence-corrected chi connectivity index (χ2v) is 5.89. The molecular formula is C18H23N3O2. The average molecular weight is 313 g/mol. The Balaban J connectivity index is 1.91. The molecule has 2 heterocycles. The lowest BCUT2D eigenvalue weighted by molar-refractivity contribution is 0.160. The van der Waals surface area contributed by atoms with Gasteiger partial charge in [-0.1, -0.05) is 12.1 Å². The Morgan fingerprint density at radius 3 is 3.00 bits per heavy atom. The van der Waals surface area contributed by atoms with Crippen LogP contribution in [0.15, 0.2) is 36.7 Å². The third-order valence-electron chi connectivity index (χ3n) is 4.38. The largest absolute Gasteiger partial charge is 0.497 e. The first-order valence-corrected chi connectivity index (χ1v) is 8.10. The summed E-state index contributed by atoms with van der Waals surface area (Å²) in [5.74, 6) is 1.18. The highest BCUT2D eigenvalue weighted by Crippen LogP contribution is 2.32. The molecule has 0 unspecified atom stereocenters. The van der Waals surface area contributed by atoms with Crippen molar-refractivity contribution >= 4 is 0 Å². The highest BCUT2D eigenvalue weighted by atomic mass is 16.5. The highest BCUT2D eigenvalue weighted by molar-refractivity contribution is 5.64. The Morgan fingerprint density at radius 2 is 2.17 bits per heavy atom. The van der Waals surface area contributed by atoms with Crippen LogP contribution in [0.5, 0.6) is 5.75 Å². The second-order valence-electron chi connectivity index (χ2n) is 5.89. The fourth-order valence-electron chi connectivity index (χ4n) is 3.26. The number of aliphatic hydroxyl groups excluding tert-OH is 1. The summed E-state index contributed by atoms with van der Waals surface area (Å²) in [5, 5.41) is 9.18. The average Bonchev–Trinajstić information content (AvgIpc) is 2.62. The summed E-state index contributed by atoms with van der Waals surface area (Å²) in [6.45, 7) is 2.91. The summed E-state index contributed by atoms with van der Waals surface area (Å²) < 4.78 is 5.33. The summed E-state index contributed by atoms with van der Waals surface area (Å²) in [5.41, 5.74) is 3.01. The number of aliphatic hydroxyl groups is 1. The number of nitrogens with zero attached hydrogens (tertiary/aromatic N) is 3. The van der Waals surface area contributed by atoms with Gasteiger partial charge >= 0.3 is 0 Å². The van der Waals surface area contributed by atoms with E-state index < -0.39 is 0 Å². The lowest BCUT2D eigenvalue weighted by Gasteiger charge is -2.32. The Labute approximate surface area is 137 Å². The molecule has 1 aromatic carbocycles. The van der Waals surface area contributed by atoms with Crippen LogP contribution >= 0.6 is 0 Å². The Kier molecular flexibility index (Phi) is 5.20. The number of piperidine rings is 1. The lowest BCUT2D eigenvalue weighted by atomic mass is 9.91. The summed E-state index contributed by atoms with van der Waals surface area (Å²) in [4.78, 5) is 11.5. The molecule has 0 amide bonds. The Hall–Kier alpha value is -1.98. The van der Waals surface area contributed by atoms with Crippen molar-refractivity contribution in [1.29, 1.82) is 0 Å². The van der Waals surface area contributed by atoms with Crippen LogP contribution in [-0.4, -0.2) is 53.3 Å². The number of likely N-dealkylation sites (tertiary alicyclic amines) is 1. The van der Waals surface area contributed by atoms with Gasteiger partial charge in [0.2, 0.25) is 0 Å². The molecule has 5 heteroatoms. The Bertz CT molecular complexity index is 646. The molecule has 23 heavy (non-hydrogen) atoms. The standard InChI is InChI=1S/C18H23N3O2/c1-23-16-6-2-4-14(12-16)17-18(20-8-7-19-17)15-5-3-9-21(13-15)10-11-22/h2,4,6-8,12,15,22H,3,5,9-11,13H2,1H3/t15-/m1/s1. The predicted octanol–water partition coefficient (Wildman–Crippen LogP) is 2.32. The van der Waals surface area contributed by atoms with Gasteiger partial charge in [-0.15, -0.1) is 0 Å². The van der Waals surface area contributed by atoms with Crippen LogP contribution in [0.25, 0.3) is 11.3 Å². The molecule has 122 valence electrons. The van der Waals surface area contributed by atoms with Crippen LogP contribution in [0.3, 0.4) is 0 Å². The number of ether oxygens (including phenoxy) is 1. The van der Waals surface area contributed by atoms with Gasteiger partial charge in [0.1, 0.15) is 5.75 Å². The van der Waals surface area contributed by atoms with Gasteiger partial charge in [0.25, 0.3) is 0 Å². The number of aromatic nitrogens is 2. The molecule has 1 aromatic heterocycles. The monoisotopic (exact) mass is 313 g/mol. The van der Waals surface area contributed by atoms with Crippen molar-refractivity contribution in [3.63, 3.8) is 0 Å². The van der Waals surface area contributed by atoms with Gasteiger partial charge in [-0.2, -0.15) is 0 Å². The zero-order chi connectivity index (χ0) is 16.1. The summed E-state index contributed by atoms with van der Waals surface area (Å²) in [6.07, 6.45) is 5.74. The minimum Gasteiger partial charge on any atom is -0.497 e. The molecule has 1 aliphatic rings. The van der Waals surface area contributed by atoms with Crippen molar-refractivity contribution in [2.24, 2.45) is 0 Å². The number of hydrogen-bond acceptors (Lipinski definition) is 5. The smallest absolute Gasteiger partial charge is 0.119 e. The maximum absolute atomic E-state index is 9.18. The summed E-state index contributed by atoms with van der Waals surface area (Å²) >= 11 is 0. The maximum Gasteiger partial charge on any atom is 0.119 e. The minimum atomic E-state index is 0.204. The van der Waals surface area contributed by atoms with Crippen molar-refractivity contribution in [2.45, 2.75) is 18.8 Å². The topological polar surface area (TPSA) is 58.5 Å². The third kappa shape index (κ3) is 3.68. The van der Waals surface area contributed by atoms with Crippen molar-refractivity contribution in [3.8, 4) is 17.0 Å². The van der Waals surface area contributed by atoms with Crippen LogP contribution in [0.1, 0.15) is 24.5 Å². The molecule has 3 rings (SSSR count). The molecule has 0 radical (unpaired) electrons. The quantitative estimate of drug-likeness (QED) is 0.918. The first-order chi connectivity index (χ1) is 11.3. The lowest BCUT2D eigenvalue weighted by Crippen LogP contribution is -2.36. The van der Waals surface area contributed by atoms with E-state index in [4.69, 9.17) is 4.74 Å². The fourth-order valence-corrected chi connectivity index (χ4v) is 3.26. The van der Waals surface area contributed by atoms with Crippen LogP contribution in [-0.2, 0) is 0 Å². The van der Waals surface area contributed by atoms with Gasteiger partial charge in [-0.25, -0.2) is 0 Å². The summed E-state index contributed by atoms with van der Waals surface area (Å²) in [7, 11) is 1.67. The van der Waals surface area contributed by atoms with Gasteiger partial charge < -0.3 is 14.7 Å². The van der Waals surface area contributed by atoms with Crippen LogP contribution in [0.4, 0.5) is 0 Å². The van der Waals surface area contributed by atoms with Crippen molar-refractivity contribution in [3.05, 3.63) is 42.4 Å². The molecule has 0 saturated carbocycles. The number of methoxy groups -OCH3 is 1. The van der Waals surface area contributed by atoms with Crippen molar-refractivity contribution < 1.29 is 9.84 Å². The van der Waals surface area contributed by atoms with E-state index in [0.29, 0.717) is 5.92 Å². The maximum atomic E-state index is 9.18. The van der Waals surface area contributed by atoms with Crippen LogP contribution in [0.2, 0.25) is 0 Å². The molecule has 1 atom stereocenters. The van der Waals surface area contributed by atoms with Crippen molar-refractivity contribution in [1.82, 2.24) is 14.9 Å². The first kappa shape index (κ1) is 15.9. The molecule has 5 nitrogen and oxygen atoms in total. The number of rotatable bonds is 5. The molecule has 0 bridgehead atoms. The molecule has 1 fully saturated rings. The van der Waals surface area contributed by atoms with Gasteiger partial charge in [0, 0.05) is 37.0 Å². The van der Waals surface area contributed by atoms with E-state index in [1.807, 2.05) is 24.3 Å². The SMILES string of the molecule is COc1cccc(-c2nccnc2[C@@H]2CCCN(CCO)C2)c1. The van der Waals surface area contributed by atoms with E-state index in [1.165, 1.54) is 0 Å². The van der Waals surface area contributed by atoms with Gasteiger partial charge in [-0.3, -0.25) is 9.97 Å². The van der Waals surface area contributed by atoms with Crippen LogP contribution in [0, 0.1) is 0 Å².